The van der Waals surface area contributed by atoms with Crippen LogP contribution in [0, 0.1) is 0 Å². The molecular formula is C10H12FeN2O6. The van der Waals surface area contributed by atoms with Crippen molar-refractivity contribution >= 4 is 23.8 Å². The van der Waals surface area contributed by atoms with E-state index in [1.54, 1.807) is 0 Å². The van der Waals surface area contributed by atoms with Crippen molar-refractivity contribution in [2.45, 2.75) is 37.8 Å². The van der Waals surface area contributed by atoms with E-state index >= 15 is 0 Å². The quantitative estimate of drug-likeness (QED) is 0.499. The second-order valence-corrected chi connectivity index (χ2v) is 3.96. The fourth-order valence-corrected chi connectivity index (χ4v) is 1.58. The number of hydrogen-bond donors (Lipinski definition) is 2. The van der Waals surface area contributed by atoms with E-state index in [4.69, 9.17) is 0 Å². The van der Waals surface area contributed by atoms with Gasteiger partial charge in [0, 0.05) is 12.8 Å². The Morgan fingerprint density at radius 2 is 1.21 bits per heavy atom. The van der Waals surface area contributed by atoms with Gasteiger partial charge in [-0.25, -0.2) is 0 Å². The summed E-state index contributed by atoms with van der Waals surface area (Å²) in [6.07, 6.45) is 1.33. The maximum atomic E-state index is 10.4. The molecule has 8 nitrogen and oxygen atoms in total. The zero-order valence-corrected chi connectivity index (χ0v) is 10.9. The molecule has 2 amide bonds. The Morgan fingerprint density at radius 3 is 1.32 bits per heavy atom. The van der Waals surface area contributed by atoms with Crippen LogP contribution in [0.25, 0.3) is 0 Å². The number of amides is 2. The third-order valence-electron chi connectivity index (χ3n) is 2.56. The van der Waals surface area contributed by atoms with Gasteiger partial charge in [0.2, 0.25) is 11.8 Å². The summed E-state index contributed by atoms with van der Waals surface area (Å²) in [6.45, 7) is 0. The zero-order chi connectivity index (χ0) is 13.7. The predicted molar refractivity (Wildman–Crippen MR) is 52.3 cm³/mol. The van der Waals surface area contributed by atoms with Gasteiger partial charge in [-0.15, -0.1) is 0 Å². The fourth-order valence-electron chi connectivity index (χ4n) is 1.58. The number of nitrogens with one attached hydrogen (secondary N) is 2. The first-order chi connectivity index (χ1) is 8.40. The minimum absolute atomic E-state index is 0. The van der Waals surface area contributed by atoms with Gasteiger partial charge in [-0.1, -0.05) is 0 Å². The van der Waals surface area contributed by atoms with Crippen molar-refractivity contribution in [1.82, 2.24) is 10.6 Å². The third-order valence-corrected chi connectivity index (χ3v) is 2.56. The molecule has 2 rings (SSSR count). The van der Waals surface area contributed by atoms with E-state index < -0.39 is 24.0 Å². The Balaban J connectivity index is 0.000000324. The van der Waals surface area contributed by atoms with E-state index in [0.717, 1.165) is 0 Å². The van der Waals surface area contributed by atoms with Crippen molar-refractivity contribution in [1.29, 1.82) is 0 Å². The van der Waals surface area contributed by atoms with Crippen LogP contribution in [-0.2, 0) is 36.2 Å². The second-order valence-electron chi connectivity index (χ2n) is 3.96. The summed E-state index contributed by atoms with van der Waals surface area (Å²) in [5, 5.41) is 24.5. The van der Waals surface area contributed by atoms with Gasteiger partial charge in [0.15, 0.2) is 0 Å². The molecular weight excluding hydrogens is 300 g/mol. The molecule has 2 fully saturated rings. The molecule has 2 aliphatic heterocycles. The number of carboxylic acid groups (broad SMARTS) is 2. The van der Waals surface area contributed by atoms with Gasteiger partial charge >= 0.3 is 17.1 Å². The van der Waals surface area contributed by atoms with E-state index in [0.29, 0.717) is 25.7 Å². The molecule has 2 aliphatic rings. The number of aliphatic carboxylic acids is 2. The van der Waals surface area contributed by atoms with Crippen molar-refractivity contribution in [3.63, 3.8) is 0 Å². The topological polar surface area (TPSA) is 138 Å². The Bertz CT molecular complexity index is 350. The third kappa shape index (κ3) is 5.71. The van der Waals surface area contributed by atoms with Gasteiger partial charge in [0.1, 0.15) is 0 Å². The smallest absolute Gasteiger partial charge is 0.548 e. The van der Waals surface area contributed by atoms with Crippen molar-refractivity contribution in [2.24, 2.45) is 0 Å². The summed E-state index contributed by atoms with van der Waals surface area (Å²) >= 11 is 0. The molecule has 0 saturated carbocycles. The monoisotopic (exact) mass is 312 g/mol. The Labute approximate surface area is 119 Å². The van der Waals surface area contributed by atoms with E-state index in [9.17, 15) is 29.4 Å². The molecule has 0 unspecified atom stereocenters. The molecule has 9 heteroatoms. The first-order valence-corrected chi connectivity index (χ1v) is 5.40. The van der Waals surface area contributed by atoms with Crippen LogP contribution in [0.15, 0.2) is 0 Å². The van der Waals surface area contributed by atoms with Crippen LogP contribution in [0.1, 0.15) is 25.7 Å². The molecule has 2 N–H and O–H groups in total. The maximum Gasteiger partial charge on any atom is 2.00 e. The van der Waals surface area contributed by atoms with Crippen LogP contribution in [0.2, 0.25) is 0 Å². The van der Waals surface area contributed by atoms with E-state index in [2.05, 4.69) is 10.6 Å². The minimum atomic E-state index is -1.19. The van der Waals surface area contributed by atoms with Gasteiger partial charge < -0.3 is 30.4 Å². The van der Waals surface area contributed by atoms with Gasteiger partial charge in [-0.2, -0.15) is 0 Å². The van der Waals surface area contributed by atoms with E-state index in [1.165, 1.54) is 0 Å². The van der Waals surface area contributed by atoms with Crippen LogP contribution in [-0.4, -0.2) is 35.8 Å². The van der Waals surface area contributed by atoms with Crippen LogP contribution in [0.5, 0.6) is 0 Å². The zero-order valence-electron chi connectivity index (χ0n) is 9.79. The molecule has 0 aromatic heterocycles. The van der Waals surface area contributed by atoms with E-state index in [1.807, 2.05) is 0 Å². The molecule has 19 heavy (non-hydrogen) atoms. The Kier molecular flexibility index (Phi) is 7.10. The van der Waals surface area contributed by atoms with Crippen LogP contribution in [0.4, 0.5) is 0 Å². The van der Waals surface area contributed by atoms with Gasteiger partial charge in [0.05, 0.1) is 24.0 Å². The number of hydrogen-bond acceptors (Lipinski definition) is 6. The predicted octanol–water partition coefficient (Wildman–Crippen LogP) is -3.97. The summed E-state index contributed by atoms with van der Waals surface area (Å²) in [6, 6.07) is -1.50. The van der Waals surface area contributed by atoms with Gasteiger partial charge in [-0.05, 0) is 12.8 Å². The fraction of sp³-hybridized carbons (Fsp3) is 0.600. The Morgan fingerprint density at radius 1 is 0.895 bits per heavy atom. The van der Waals surface area contributed by atoms with Crippen molar-refractivity contribution in [2.75, 3.05) is 0 Å². The summed E-state index contributed by atoms with van der Waals surface area (Å²) in [4.78, 5) is 40.8. The molecule has 2 saturated heterocycles. The standard InChI is InChI=1S/2C5H7NO3.Fe/c2*7-4-2-1-3(6-4)5(8)9;/h2*3H,1-2H2,(H,6,7)(H,8,9);/q;;+2/p-2/t2*3-;/m00./s1. The summed E-state index contributed by atoms with van der Waals surface area (Å²) < 4.78 is 0. The molecule has 0 bridgehead atoms. The molecule has 2 heterocycles. The normalized spacial score (nSPS) is 24.4. The van der Waals surface area contributed by atoms with Gasteiger partial charge in [0.25, 0.3) is 0 Å². The summed E-state index contributed by atoms with van der Waals surface area (Å²) in [5.74, 6) is -2.80. The van der Waals surface area contributed by atoms with Crippen molar-refractivity contribution < 1.29 is 46.5 Å². The average Bonchev–Trinajstić information content (AvgIpc) is 2.88. The van der Waals surface area contributed by atoms with Crippen molar-refractivity contribution in [3.8, 4) is 0 Å². The number of carbonyl (C=O) groups excluding carboxylic acids is 4. The largest absolute Gasteiger partial charge is 2.00 e. The summed E-state index contributed by atoms with van der Waals surface area (Å²) in [7, 11) is 0. The Hall–Kier alpha value is -1.60. The number of carbonyl (C=O) groups is 4. The maximum absolute atomic E-state index is 10.4. The first kappa shape index (κ1) is 17.4. The van der Waals surface area contributed by atoms with Gasteiger partial charge in [-0.3, -0.25) is 9.59 Å². The molecule has 0 aromatic rings. The SMILES string of the molecule is O=C1CC[C@@H](C(=O)[O-])N1.O=C1CC[C@@H](C(=O)[O-])N1.[Fe+2]. The molecule has 0 aliphatic carbocycles. The molecule has 0 spiro atoms. The molecule has 106 valence electrons. The first-order valence-electron chi connectivity index (χ1n) is 5.40. The molecule has 2 atom stereocenters. The molecule has 0 aromatic carbocycles. The number of rotatable bonds is 2. The van der Waals surface area contributed by atoms with Crippen molar-refractivity contribution in [3.05, 3.63) is 0 Å². The van der Waals surface area contributed by atoms with Crippen LogP contribution >= 0.6 is 0 Å². The second kappa shape index (κ2) is 7.75. The summed E-state index contributed by atoms with van der Waals surface area (Å²) in [5.41, 5.74) is 0. The minimum Gasteiger partial charge on any atom is -0.548 e. The molecule has 0 radical (unpaired) electrons. The van der Waals surface area contributed by atoms with Crippen LogP contribution in [0.3, 0.4) is 0 Å². The average molecular weight is 312 g/mol. The number of carboxylic acids is 2. The van der Waals surface area contributed by atoms with Crippen LogP contribution < -0.4 is 20.8 Å². The van der Waals surface area contributed by atoms with E-state index in [-0.39, 0.29) is 28.9 Å².